The van der Waals surface area contributed by atoms with E-state index in [1.165, 1.54) is 44.9 Å². The van der Waals surface area contributed by atoms with E-state index in [4.69, 9.17) is 4.74 Å². The summed E-state index contributed by atoms with van der Waals surface area (Å²) in [7, 11) is 0. The Kier molecular flexibility index (Phi) is 5.49. The summed E-state index contributed by atoms with van der Waals surface area (Å²) in [4.78, 5) is 0. The molecule has 1 aliphatic rings. The zero-order valence-electron chi connectivity index (χ0n) is 9.77. The number of rotatable bonds is 7. The maximum Gasteiger partial charge on any atom is 0.0971 e. The van der Waals surface area contributed by atoms with Gasteiger partial charge in [-0.1, -0.05) is 46.0 Å². The van der Waals surface area contributed by atoms with Crippen LogP contribution >= 0.6 is 0 Å². The molecule has 1 rings (SSSR count). The van der Waals surface area contributed by atoms with Gasteiger partial charge < -0.3 is 4.74 Å². The van der Waals surface area contributed by atoms with Crippen LogP contribution in [-0.2, 0) is 4.74 Å². The number of ether oxygens (including phenoxy) is 1. The largest absolute Gasteiger partial charge is 0.364 e. The molecule has 0 saturated carbocycles. The number of unbranched alkanes of at least 4 members (excludes halogenated alkanes) is 3. The summed E-state index contributed by atoms with van der Waals surface area (Å²) in [5.41, 5.74) is 0.322. The molecule has 1 N–H and O–H groups in total. The summed E-state index contributed by atoms with van der Waals surface area (Å²) in [5.74, 6) is 0. The van der Waals surface area contributed by atoms with Gasteiger partial charge in [-0.2, -0.15) is 0 Å². The highest BCUT2D eigenvalue weighted by Crippen LogP contribution is 2.24. The highest BCUT2D eigenvalue weighted by Gasteiger charge is 2.32. The van der Waals surface area contributed by atoms with Gasteiger partial charge in [0.2, 0.25) is 0 Å². The van der Waals surface area contributed by atoms with E-state index in [1.54, 1.807) is 0 Å². The molecule has 0 bridgehead atoms. The van der Waals surface area contributed by atoms with E-state index in [-0.39, 0.29) is 0 Å². The molecule has 0 aliphatic carbocycles. The predicted octanol–water partition coefficient (Wildman–Crippen LogP) is 3.07. The van der Waals surface area contributed by atoms with Crippen molar-refractivity contribution in [3.8, 4) is 0 Å². The monoisotopic (exact) mass is 199 g/mol. The first-order chi connectivity index (χ1) is 6.83. The first-order valence-electron chi connectivity index (χ1n) is 6.16. The quantitative estimate of drug-likeness (QED) is 0.636. The van der Waals surface area contributed by atoms with Crippen LogP contribution < -0.4 is 5.32 Å². The van der Waals surface area contributed by atoms with Gasteiger partial charge in [0.25, 0.3) is 0 Å². The third kappa shape index (κ3) is 3.58. The number of nitrogens with one attached hydrogen (secondary N) is 1. The fourth-order valence-electron chi connectivity index (χ4n) is 2.32. The van der Waals surface area contributed by atoms with Crippen LogP contribution in [0.3, 0.4) is 0 Å². The molecule has 1 aliphatic heterocycles. The Bertz CT molecular complexity index is 141. The lowest BCUT2D eigenvalue weighted by Gasteiger charge is -2.27. The topological polar surface area (TPSA) is 21.3 Å². The molecule has 14 heavy (non-hydrogen) atoms. The van der Waals surface area contributed by atoms with Crippen molar-refractivity contribution in [2.75, 3.05) is 13.3 Å². The van der Waals surface area contributed by atoms with Crippen molar-refractivity contribution < 1.29 is 4.74 Å². The van der Waals surface area contributed by atoms with Crippen molar-refractivity contribution in [1.82, 2.24) is 5.32 Å². The minimum Gasteiger partial charge on any atom is -0.364 e. The molecule has 1 heterocycles. The molecular weight excluding hydrogens is 174 g/mol. The van der Waals surface area contributed by atoms with Crippen LogP contribution in [0.15, 0.2) is 0 Å². The molecule has 0 amide bonds. The lowest BCUT2D eigenvalue weighted by molar-refractivity contribution is 0.169. The molecule has 0 aromatic carbocycles. The molecule has 1 saturated heterocycles. The van der Waals surface area contributed by atoms with E-state index in [1.807, 2.05) is 0 Å². The van der Waals surface area contributed by atoms with Crippen LogP contribution in [0.1, 0.15) is 58.8 Å². The van der Waals surface area contributed by atoms with Gasteiger partial charge in [-0.3, -0.25) is 5.32 Å². The second-order valence-electron chi connectivity index (χ2n) is 4.51. The van der Waals surface area contributed by atoms with Gasteiger partial charge in [0.05, 0.1) is 13.3 Å². The molecule has 2 heteroatoms. The van der Waals surface area contributed by atoms with Crippen molar-refractivity contribution in [2.24, 2.45) is 0 Å². The number of hydrogen-bond donors (Lipinski definition) is 1. The molecule has 0 spiro atoms. The molecule has 1 fully saturated rings. The maximum atomic E-state index is 5.46. The molecular formula is C12H25NO. The van der Waals surface area contributed by atoms with Crippen LogP contribution in [0.2, 0.25) is 0 Å². The summed E-state index contributed by atoms with van der Waals surface area (Å²) in [5, 5.41) is 3.53. The van der Waals surface area contributed by atoms with E-state index >= 15 is 0 Å². The predicted molar refractivity (Wildman–Crippen MR) is 60.4 cm³/mol. The van der Waals surface area contributed by atoms with Crippen LogP contribution in [0.4, 0.5) is 0 Å². The zero-order chi connectivity index (χ0) is 10.3. The molecule has 1 atom stereocenters. The first-order valence-corrected chi connectivity index (χ1v) is 6.16. The van der Waals surface area contributed by atoms with Crippen LogP contribution in [0.25, 0.3) is 0 Å². The Labute approximate surface area is 88.4 Å². The minimum atomic E-state index is 0.322. The first kappa shape index (κ1) is 12.0. The van der Waals surface area contributed by atoms with Crippen molar-refractivity contribution >= 4 is 0 Å². The minimum absolute atomic E-state index is 0.322. The molecule has 1 unspecified atom stereocenters. The lowest BCUT2D eigenvalue weighted by atomic mass is 9.89. The Morgan fingerprint density at radius 2 is 1.93 bits per heavy atom. The summed E-state index contributed by atoms with van der Waals surface area (Å²) in [6.45, 7) is 6.20. The average Bonchev–Trinajstić information content (AvgIpc) is 2.63. The van der Waals surface area contributed by atoms with Gasteiger partial charge in [-0.25, -0.2) is 0 Å². The van der Waals surface area contributed by atoms with Gasteiger partial charge in [0.15, 0.2) is 0 Å². The highest BCUT2D eigenvalue weighted by atomic mass is 16.5. The second kappa shape index (κ2) is 6.41. The van der Waals surface area contributed by atoms with Gasteiger partial charge >= 0.3 is 0 Å². The van der Waals surface area contributed by atoms with Crippen molar-refractivity contribution in [3.63, 3.8) is 0 Å². The Morgan fingerprint density at radius 1 is 1.07 bits per heavy atom. The van der Waals surface area contributed by atoms with Crippen molar-refractivity contribution in [3.05, 3.63) is 0 Å². The van der Waals surface area contributed by atoms with Crippen LogP contribution in [0.5, 0.6) is 0 Å². The molecule has 0 aromatic heterocycles. The molecule has 0 aromatic rings. The molecule has 2 nitrogen and oxygen atoms in total. The lowest BCUT2D eigenvalue weighted by Crippen LogP contribution is -2.42. The van der Waals surface area contributed by atoms with Gasteiger partial charge in [0.1, 0.15) is 0 Å². The van der Waals surface area contributed by atoms with E-state index < -0.39 is 0 Å². The number of hydrogen-bond acceptors (Lipinski definition) is 2. The van der Waals surface area contributed by atoms with E-state index in [9.17, 15) is 0 Å². The Hall–Kier alpha value is -0.0800. The average molecular weight is 199 g/mol. The Balaban J connectivity index is 2.21. The van der Waals surface area contributed by atoms with Crippen LogP contribution in [-0.4, -0.2) is 18.9 Å². The standard InChI is InChI=1S/C12H25NO/c1-3-5-6-7-9-12(8-4-2)10-14-11-13-12/h13H,3-11H2,1-2H3. The van der Waals surface area contributed by atoms with E-state index in [0.29, 0.717) is 5.54 Å². The third-order valence-corrected chi connectivity index (χ3v) is 3.17. The van der Waals surface area contributed by atoms with Gasteiger partial charge in [0, 0.05) is 5.54 Å². The maximum absolute atomic E-state index is 5.46. The summed E-state index contributed by atoms with van der Waals surface area (Å²) in [6, 6.07) is 0. The van der Waals surface area contributed by atoms with Gasteiger partial charge in [-0.05, 0) is 12.8 Å². The molecule has 84 valence electrons. The van der Waals surface area contributed by atoms with Crippen LogP contribution in [0, 0.1) is 0 Å². The molecule has 0 radical (unpaired) electrons. The van der Waals surface area contributed by atoms with E-state index in [0.717, 1.165) is 13.3 Å². The van der Waals surface area contributed by atoms with E-state index in [2.05, 4.69) is 19.2 Å². The van der Waals surface area contributed by atoms with Crippen molar-refractivity contribution in [2.45, 2.75) is 64.3 Å². The van der Waals surface area contributed by atoms with Crippen molar-refractivity contribution in [1.29, 1.82) is 0 Å². The third-order valence-electron chi connectivity index (χ3n) is 3.17. The summed E-state index contributed by atoms with van der Waals surface area (Å²) < 4.78 is 5.46. The zero-order valence-corrected chi connectivity index (χ0v) is 9.77. The highest BCUT2D eigenvalue weighted by molar-refractivity contribution is 4.89. The normalized spacial score (nSPS) is 27.0. The summed E-state index contributed by atoms with van der Waals surface area (Å²) in [6.07, 6.45) is 9.24. The SMILES string of the molecule is CCCCCCC1(CCC)COCN1. The summed E-state index contributed by atoms with van der Waals surface area (Å²) >= 11 is 0. The fourth-order valence-corrected chi connectivity index (χ4v) is 2.32. The Morgan fingerprint density at radius 3 is 2.50 bits per heavy atom. The van der Waals surface area contributed by atoms with Gasteiger partial charge in [-0.15, -0.1) is 0 Å². The smallest absolute Gasteiger partial charge is 0.0971 e. The second-order valence-corrected chi connectivity index (χ2v) is 4.51. The fraction of sp³-hybridized carbons (Fsp3) is 1.00.